The third-order valence-corrected chi connectivity index (χ3v) is 6.90. The van der Waals surface area contributed by atoms with Gasteiger partial charge in [0.1, 0.15) is 0 Å². The van der Waals surface area contributed by atoms with Gasteiger partial charge in [0, 0.05) is 41.2 Å². The van der Waals surface area contributed by atoms with E-state index in [1.807, 2.05) is 17.8 Å². The van der Waals surface area contributed by atoms with Crippen LogP contribution in [0.2, 0.25) is 0 Å². The average molecular weight is 448 g/mol. The van der Waals surface area contributed by atoms with E-state index in [9.17, 15) is 0 Å². The summed E-state index contributed by atoms with van der Waals surface area (Å²) in [6.07, 6.45) is 2.19. The summed E-state index contributed by atoms with van der Waals surface area (Å²) in [6, 6.07) is 28.3. The Balaban J connectivity index is 1.17. The fraction of sp³-hybridized carbons (Fsp3) is 0.269. The topological polar surface area (TPSA) is 27.3 Å². The molecule has 3 aromatic rings. The molecule has 0 aliphatic carbocycles. The van der Waals surface area contributed by atoms with Gasteiger partial charge in [-0.15, -0.1) is 11.8 Å². The number of nitrogens with zero attached hydrogens (tertiary/aromatic N) is 1. The van der Waals surface area contributed by atoms with E-state index in [1.165, 1.54) is 21.7 Å². The average Bonchev–Trinajstić information content (AvgIpc) is 3.12. The molecular formula is C26H29N3S2. The number of rotatable bonds is 8. The maximum Gasteiger partial charge on any atom is 0.170 e. The first kappa shape index (κ1) is 21.7. The number of anilines is 2. The summed E-state index contributed by atoms with van der Waals surface area (Å²) in [5, 5.41) is 7.32. The minimum Gasteiger partial charge on any atom is -0.368 e. The third kappa shape index (κ3) is 6.02. The molecule has 160 valence electrons. The first-order chi connectivity index (χ1) is 15.2. The molecule has 4 rings (SSSR count). The lowest BCUT2D eigenvalue weighted by Crippen LogP contribution is -2.34. The Kier molecular flexibility index (Phi) is 7.49. The second-order valence-electron chi connectivity index (χ2n) is 7.91. The van der Waals surface area contributed by atoms with Crippen LogP contribution in [0.15, 0.2) is 83.8 Å². The molecule has 0 saturated carbocycles. The molecule has 1 atom stereocenters. The van der Waals surface area contributed by atoms with E-state index in [1.54, 1.807) is 0 Å². The van der Waals surface area contributed by atoms with Crippen LogP contribution in [0, 0.1) is 0 Å². The number of para-hydroxylation sites is 1. The summed E-state index contributed by atoms with van der Waals surface area (Å²) < 4.78 is 0. The van der Waals surface area contributed by atoms with Gasteiger partial charge in [0.05, 0.1) is 0 Å². The predicted octanol–water partition coefficient (Wildman–Crippen LogP) is 6.11. The molecule has 0 amide bonds. The standard InChI is InChI=1S/C26H29N3S2/c1-20-18-22-8-5-6-11-25(22)29(20)17-7-16-27-26(30)28-23-14-12-21(13-15-23)19-31-24-9-3-2-4-10-24/h2-6,8-15,20H,7,16-19H2,1H3,(H2,27,28,30)/t20-/m1/s1. The number of nitrogens with one attached hydrogen (secondary N) is 2. The zero-order valence-corrected chi connectivity index (χ0v) is 19.5. The number of hydrogen-bond acceptors (Lipinski definition) is 3. The second kappa shape index (κ2) is 10.7. The first-order valence-electron chi connectivity index (χ1n) is 10.9. The Labute approximate surface area is 195 Å². The molecule has 0 aromatic heterocycles. The predicted molar refractivity (Wildman–Crippen MR) is 138 cm³/mol. The van der Waals surface area contributed by atoms with Crippen molar-refractivity contribution in [3.8, 4) is 0 Å². The molecule has 5 heteroatoms. The Morgan fingerprint density at radius 2 is 1.74 bits per heavy atom. The van der Waals surface area contributed by atoms with E-state index in [4.69, 9.17) is 12.2 Å². The number of thioether (sulfide) groups is 1. The maximum absolute atomic E-state index is 5.48. The van der Waals surface area contributed by atoms with Crippen LogP contribution in [-0.4, -0.2) is 24.2 Å². The summed E-state index contributed by atoms with van der Waals surface area (Å²) in [4.78, 5) is 3.81. The summed E-state index contributed by atoms with van der Waals surface area (Å²) in [5.41, 5.74) is 5.18. The van der Waals surface area contributed by atoms with Crippen LogP contribution in [0.25, 0.3) is 0 Å². The number of fused-ring (bicyclic) bond motifs is 1. The minimum absolute atomic E-state index is 0.570. The van der Waals surface area contributed by atoms with Gasteiger partial charge in [-0.3, -0.25) is 0 Å². The molecule has 0 radical (unpaired) electrons. The largest absolute Gasteiger partial charge is 0.368 e. The fourth-order valence-electron chi connectivity index (χ4n) is 3.96. The van der Waals surface area contributed by atoms with Crippen LogP contribution in [0.3, 0.4) is 0 Å². The molecule has 1 aliphatic heterocycles. The Hall–Kier alpha value is -2.50. The zero-order chi connectivity index (χ0) is 21.5. The van der Waals surface area contributed by atoms with Crippen molar-refractivity contribution in [1.29, 1.82) is 0 Å². The maximum atomic E-state index is 5.48. The van der Waals surface area contributed by atoms with E-state index < -0.39 is 0 Å². The molecule has 0 spiro atoms. The highest BCUT2D eigenvalue weighted by Crippen LogP contribution is 2.31. The van der Waals surface area contributed by atoms with Crippen molar-refractivity contribution in [3.05, 3.63) is 90.0 Å². The van der Waals surface area contributed by atoms with Gasteiger partial charge in [-0.2, -0.15) is 0 Å². The number of thiocarbonyl (C=S) groups is 1. The fourth-order valence-corrected chi connectivity index (χ4v) is 5.06. The van der Waals surface area contributed by atoms with E-state index in [2.05, 4.69) is 95.3 Å². The highest BCUT2D eigenvalue weighted by Gasteiger charge is 2.24. The lowest BCUT2D eigenvalue weighted by molar-refractivity contribution is 0.641. The van der Waals surface area contributed by atoms with Crippen LogP contribution in [0.1, 0.15) is 24.5 Å². The minimum atomic E-state index is 0.570. The Morgan fingerprint density at radius 3 is 2.55 bits per heavy atom. The van der Waals surface area contributed by atoms with Gasteiger partial charge in [-0.05, 0) is 73.4 Å². The normalized spacial score (nSPS) is 14.9. The SMILES string of the molecule is C[C@@H]1Cc2ccccc2N1CCCNC(=S)Nc1ccc(CSc2ccccc2)cc1. The van der Waals surface area contributed by atoms with Gasteiger partial charge in [0.25, 0.3) is 0 Å². The molecule has 0 unspecified atom stereocenters. The van der Waals surface area contributed by atoms with E-state index in [0.717, 1.165) is 37.4 Å². The lowest BCUT2D eigenvalue weighted by Gasteiger charge is -2.25. The van der Waals surface area contributed by atoms with Gasteiger partial charge in [-0.1, -0.05) is 48.5 Å². The van der Waals surface area contributed by atoms with Crippen LogP contribution >= 0.6 is 24.0 Å². The first-order valence-corrected chi connectivity index (χ1v) is 12.2. The summed E-state index contributed by atoms with van der Waals surface area (Å²) in [7, 11) is 0. The molecule has 3 nitrogen and oxygen atoms in total. The van der Waals surface area contributed by atoms with Crippen molar-refractivity contribution in [3.63, 3.8) is 0 Å². The quantitative estimate of drug-likeness (QED) is 0.247. The van der Waals surface area contributed by atoms with Gasteiger partial charge in [-0.25, -0.2) is 0 Å². The zero-order valence-electron chi connectivity index (χ0n) is 17.9. The second-order valence-corrected chi connectivity index (χ2v) is 9.37. The van der Waals surface area contributed by atoms with Gasteiger partial charge in [0.15, 0.2) is 5.11 Å². The summed E-state index contributed by atoms with van der Waals surface area (Å²) >= 11 is 7.33. The monoisotopic (exact) mass is 447 g/mol. The van der Waals surface area contributed by atoms with Crippen LogP contribution < -0.4 is 15.5 Å². The van der Waals surface area contributed by atoms with Crippen molar-refractivity contribution in [2.75, 3.05) is 23.3 Å². The number of hydrogen-bond donors (Lipinski definition) is 2. The smallest absolute Gasteiger partial charge is 0.170 e. The van der Waals surface area contributed by atoms with Gasteiger partial charge >= 0.3 is 0 Å². The molecular weight excluding hydrogens is 418 g/mol. The van der Waals surface area contributed by atoms with Crippen LogP contribution in [0.4, 0.5) is 11.4 Å². The molecule has 0 fully saturated rings. The van der Waals surface area contributed by atoms with Crippen molar-refractivity contribution in [2.45, 2.75) is 36.5 Å². The third-order valence-electron chi connectivity index (χ3n) is 5.57. The highest BCUT2D eigenvalue weighted by molar-refractivity contribution is 7.98. The molecule has 2 N–H and O–H groups in total. The Bertz CT molecular complexity index is 989. The summed E-state index contributed by atoms with van der Waals surface area (Å²) in [6.45, 7) is 4.21. The highest BCUT2D eigenvalue weighted by atomic mass is 32.2. The van der Waals surface area contributed by atoms with E-state index >= 15 is 0 Å². The van der Waals surface area contributed by atoms with Crippen molar-refractivity contribution in [1.82, 2.24) is 5.32 Å². The number of benzene rings is 3. The molecule has 1 aliphatic rings. The molecule has 3 aromatic carbocycles. The van der Waals surface area contributed by atoms with Crippen molar-refractivity contribution in [2.24, 2.45) is 0 Å². The lowest BCUT2D eigenvalue weighted by atomic mass is 10.1. The van der Waals surface area contributed by atoms with Gasteiger partial charge < -0.3 is 15.5 Å². The van der Waals surface area contributed by atoms with Crippen LogP contribution in [0.5, 0.6) is 0 Å². The van der Waals surface area contributed by atoms with Crippen molar-refractivity contribution >= 4 is 40.5 Å². The van der Waals surface area contributed by atoms with Crippen LogP contribution in [-0.2, 0) is 12.2 Å². The molecule has 1 heterocycles. The molecule has 0 saturated heterocycles. The van der Waals surface area contributed by atoms with Gasteiger partial charge in [0.2, 0.25) is 0 Å². The molecule has 0 bridgehead atoms. The van der Waals surface area contributed by atoms with Crippen molar-refractivity contribution < 1.29 is 0 Å². The summed E-state index contributed by atoms with van der Waals surface area (Å²) in [5.74, 6) is 0.963. The van der Waals surface area contributed by atoms with E-state index in [-0.39, 0.29) is 0 Å². The molecule has 31 heavy (non-hydrogen) atoms. The Morgan fingerprint density at radius 1 is 1.00 bits per heavy atom. The van der Waals surface area contributed by atoms with E-state index in [0.29, 0.717) is 11.2 Å².